The van der Waals surface area contributed by atoms with Gasteiger partial charge in [-0.3, -0.25) is 14.9 Å². The Balaban J connectivity index is 1.78. The van der Waals surface area contributed by atoms with E-state index < -0.39 is 17.8 Å². The summed E-state index contributed by atoms with van der Waals surface area (Å²) < 4.78 is 2.81. The molecule has 0 radical (unpaired) electrons. The van der Waals surface area contributed by atoms with Crippen molar-refractivity contribution in [3.05, 3.63) is 86.7 Å². The van der Waals surface area contributed by atoms with Crippen LogP contribution in [0, 0.1) is 27.7 Å². The number of anilines is 1. The molecule has 4 rings (SSSR count). The third-order valence-corrected chi connectivity index (χ3v) is 5.90. The summed E-state index contributed by atoms with van der Waals surface area (Å²) in [5, 5.41) is 2.27. The highest BCUT2D eigenvalue weighted by Gasteiger charge is 2.37. The van der Waals surface area contributed by atoms with Gasteiger partial charge in [0.1, 0.15) is 5.57 Å². The van der Waals surface area contributed by atoms with Gasteiger partial charge in [0.05, 0.1) is 5.69 Å². The van der Waals surface area contributed by atoms with E-state index >= 15 is 0 Å². The number of halogens is 1. The maximum Gasteiger partial charge on any atom is 0.335 e. The number of imide groups is 2. The molecule has 0 unspecified atom stereocenters. The summed E-state index contributed by atoms with van der Waals surface area (Å²) in [6.07, 6.45) is 1.55. The number of urea groups is 1. The van der Waals surface area contributed by atoms with Gasteiger partial charge in [-0.15, -0.1) is 0 Å². The maximum atomic E-state index is 13.2. The Morgan fingerprint density at radius 2 is 1.56 bits per heavy atom. The van der Waals surface area contributed by atoms with E-state index in [0.29, 0.717) is 5.69 Å². The van der Waals surface area contributed by atoms with Gasteiger partial charge in [-0.25, -0.2) is 9.69 Å². The van der Waals surface area contributed by atoms with Gasteiger partial charge < -0.3 is 4.57 Å². The maximum absolute atomic E-state index is 13.2. The largest absolute Gasteiger partial charge is 0.335 e. The van der Waals surface area contributed by atoms with Gasteiger partial charge in [0.15, 0.2) is 0 Å². The van der Waals surface area contributed by atoms with Crippen molar-refractivity contribution in [1.29, 1.82) is 0 Å². The third kappa shape index (κ3) is 3.91. The fourth-order valence-corrected chi connectivity index (χ4v) is 4.46. The molecule has 0 bridgehead atoms. The highest BCUT2D eigenvalue weighted by atomic mass is 79.9. The number of barbiturate groups is 1. The second-order valence-corrected chi connectivity index (χ2v) is 8.86. The predicted octanol–water partition coefficient (Wildman–Crippen LogP) is 5.14. The first kappa shape index (κ1) is 21.8. The first-order valence-corrected chi connectivity index (χ1v) is 10.9. The van der Waals surface area contributed by atoms with Crippen LogP contribution in [0.15, 0.2) is 58.6 Å². The number of benzene rings is 2. The highest BCUT2D eigenvalue weighted by Crippen LogP contribution is 2.27. The molecule has 0 spiro atoms. The Kier molecular flexibility index (Phi) is 5.60. The van der Waals surface area contributed by atoms with Crippen LogP contribution >= 0.6 is 15.9 Å². The van der Waals surface area contributed by atoms with Crippen molar-refractivity contribution in [3.63, 3.8) is 0 Å². The Morgan fingerprint density at radius 3 is 2.22 bits per heavy atom. The second-order valence-electron chi connectivity index (χ2n) is 7.95. The molecule has 7 heteroatoms. The summed E-state index contributed by atoms with van der Waals surface area (Å²) >= 11 is 3.35. The lowest BCUT2D eigenvalue weighted by atomic mass is 10.1. The van der Waals surface area contributed by atoms with Crippen molar-refractivity contribution in [2.45, 2.75) is 27.7 Å². The normalized spacial score (nSPS) is 15.5. The Labute approximate surface area is 194 Å². The van der Waals surface area contributed by atoms with Crippen molar-refractivity contribution in [3.8, 4) is 5.69 Å². The lowest BCUT2D eigenvalue weighted by molar-refractivity contribution is -0.122. The van der Waals surface area contributed by atoms with Crippen molar-refractivity contribution in [2.24, 2.45) is 0 Å². The molecule has 0 saturated carbocycles. The van der Waals surface area contributed by atoms with Crippen LogP contribution in [0.1, 0.15) is 28.1 Å². The Hall–Kier alpha value is -3.45. The van der Waals surface area contributed by atoms with Gasteiger partial charge in [-0.2, -0.15) is 0 Å². The first-order valence-electron chi connectivity index (χ1n) is 10.1. The number of amides is 4. The molecule has 6 nitrogen and oxygen atoms in total. The monoisotopic (exact) mass is 491 g/mol. The molecule has 162 valence electrons. The minimum atomic E-state index is -0.768. The molecule has 1 N–H and O–H groups in total. The Bertz CT molecular complexity index is 1300. The topological polar surface area (TPSA) is 71.4 Å². The van der Waals surface area contributed by atoms with Crippen LogP contribution in [-0.4, -0.2) is 22.4 Å². The average molecular weight is 492 g/mol. The minimum absolute atomic E-state index is 0.0924. The number of nitrogens with zero attached hydrogens (tertiary/aromatic N) is 2. The fourth-order valence-electron chi connectivity index (χ4n) is 4.07. The zero-order valence-corrected chi connectivity index (χ0v) is 19.8. The zero-order valence-electron chi connectivity index (χ0n) is 18.2. The lowest BCUT2D eigenvalue weighted by Crippen LogP contribution is -2.54. The van der Waals surface area contributed by atoms with E-state index in [-0.39, 0.29) is 5.57 Å². The van der Waals surface area contributed by atoms with Crippen LogP contribution in [0.25, 0.3) is 11.8 Å². The molecular weight excluding hydrogens is 470 g/mol. The van der Waals surface area contributed by atoms with Gasteiger partial charge >= 0.3 is 6.03 Å². The molecule has 1 saturated heterocycles. The van der Waals surface area contributed by atoms with Crippen LogP contribution in [-0.2, 0) is 9.59 Å². The van der Waals surface area contributed by atoms with E-state index in [9.17, 15) is 14.4 Å². The van der Waals surface area contributed by atoms with Crippen molar-refractivity contribution in [1.82, 2.24) is 9.88 Å². The van der Waals surface area contributed by atoms with Crippen molar-refractivity contribution >= 4 is 45.5 Å². The fraction of sp³-hybridized carbons (Fsp3) is 0.160. The summed E-state index contributed by atoms with van der Waals surface area (Å²) in [6.45, 7) is 8.02. The number of carbonyl (C=O) groups excluding carboxylic acids is 3. The van der Waals surface area contributed by atoms with Crippen LogP contribution < -0.4 is 10.2 Å². The standard InChI is InChI=1S/C25H22BrN3O3/c1-14-8-15(2)10-21(9-14)28-16(3)11-18(17(28)4)12-22-23(30)27-25(32)29(24(22)31)20-7-5-6-19(26)13-20/h5-13H,1-4H3,(H,27,30,32)/b22-12+. The van der Waals surface area contributed by atoms with Gasteiger partial charge in [0, 0.05) is 21.5 Å². The lowest BCUT2D eigenvalue weighted by Gasteiger charge is -2.26. The van der Waals surface area contributed by atoms with Gasteiger partial charge in [-0.1, -0.05) is 28.1 Å². The quantitative estimate of drug-likeness (QED) is 0.407. The Morgan fingerprint density at radius 1 is 0.875 bits per heavy atom. The molecule has 0 atom stereocenters. The number of aromatic nitrogens is 1. The molecule has 4 amide bonds. The molecule has 0 aliphatic carbocycles. The van der Waals surface area contributed by atoms with Crippen LogP contribution in [0.4, 0.5) is 10.5 Å². The second kappa shape index (κ2) is 8.24. The molecule has 2 aromatic carbocycles. The van der Waals surface area contributed by atoms with E-state index in [2.05, 4.69) is 44.0 Å². The van der Waals surface area contributed by atoms with Crippen molar-refractivity contribution < 1.29 is 14.4 Å². The van der Waals surface area contributed by atoms with E-state index in [0.717, 1.165) is 43.1 Å². The number of hydrogen-bond donors (Lipinski definition) is 1. The summed E-state index contributed by atoms with van der Waals surface area (Å²) in [5.41, 5.74) is 6.21. The van der Waals surface area contributed by atoms with Gasteiger partial charge in [0.2, 0.25) is 0 Å². The van der Waals surface area contributed by atoms with E-state index in [1.807, 2.05) is 33.8 Å². The number of aryl methyl sites for hydroxylation is 3. The SMILES string of the molecule is Cc1cc(C)cc(-n2c(C)cc(/C=C3\C(=O)NC(=O)N(c4cccc(Br)c4)C3=O)c2C)c1. The number of nitrogens with one attached hydrogen (secondary N) is 1. The molecule has 1 aliphatic heterocycles. The first-order chi connectivity index (χ1) is 15.2. The third-order valence-electron chi connectivity index (χ3n) is 5.40. The predicted molar refractivity (Wildman–Crippen MR) is 128 cm³/mol. The average Bonchev–Trinajstić information content (AvgIpc) is 2.97. The van der Waals surface area contributed by atoms with E-state index in [1.165, 1.54) is 0 Å². The molecule has 2 heterocycles. The number of hydrogen-bond acceptors (Lipinski definition) is 3. The van der Waals surface area contributed by atoms with Gasteiger partial charge in [-0.05, 0) is 86.9 Å². The summed E-state index contributed by atoms with van der Waals surface area (Å²) in [5.74, 6) is -1.37. The molecule has 32 heavy (non-hydrogen) atoms. The van der Waals surface area contributed by atoms with Crippen LogP contribution in [0.3, 0.4) is 0 Å². The molecule has 3 aromatic rings. The molecular formula is C25H22BrN3O3. The summed E-state index contributed by atoms with van der Waals surface area (Å²) in [4.78, 5) is 39.1. The number of carbonyl (C=O) groups is 3. The van der Waals surface area contributed by atoms with Gasteiger partial charge in [0.25, 0.3) is 11.8 Å². The summed E-state index contributed by atoms with van der Waals surface area (Å²) in [7, 11) is 0. The molecule has 1 aromatic heterocycles. The van der Waals surface area contributed by atoms with Crippen LogP contribution in [0.2, 0.25) is 0 Å². The van der Waals surface area contributed by atoms with Crippen LogP contribution in [0.5, 0.6) is 0 Å². The van der Waals surface area contributed by atoms with Crippen molar-refractivity contribution in [2.75, 3.05) is 4.90 Å². The zero-order chi connectivity index (χ0) is 23.2. The highest BCUT2D eigenvalue weighted by molar-refractivity contribution is 9.10. The van der Waals surface area contributed by atoms with E-state index in [1.54, 1.807) is 30.3 Å². The number of rotatable bonds is 3. The van der Waals surface area contributed by atoms with E-state index in [4.69, 9.17) is 0 Å². The molecule has 1 fully saturated rings. The molecule has 1 aliphatic rings. The summed E-state index contributed by atoms with van der Waals surface area (Å²) in [6, 6.07) is 14.3. The minimum Gasteiger partial charge on any atom is -0.318 e. The smallest absolute Gasteiger partial charge is 0.318 e.